The minimum atomic E-state index is -0.267. The zero-order valence-electron chi connectivity index (χ0n) is 12.1. The molecule has 0 amide bonds. The Morgan fingerprint density at radius 2 is 2.25 bits per heavy atom. The molecule has 0 saturated heterocycles. The van der Waals surface area contributed by atoms with Crippen molar-refractivity contribution in [2.75, 3.05) is 7.05 Å². The SMILES string of the molecule is CCCn1cc(Oc2ccc(F)cc2C(C)NC)cn1. The van der Waals surface area contributed by atoms with Crippen molar-refractivity contribution in [2.45, 2.75) is 32.9 Å². The Hall–Kier alpha value is -1.88. The van der Waals surface area contributed by atoms with E-state index in [1.807, 2.05) is 24.9 Å². The molecule has 1 N–H and O–H groups in total. The molecule has 0 spiro atoms. The van der Waals surface area contributed by atoms with Crippen molar-refractivity contribution in [2.24, 2.45) is 0 Å². The van der Waals surface area contributed by atoms with Crippen molar-refractivity contribution >= 4 is 0 Å². The smallest absolute Gasteiger partial charge is 0.165 e. The van der Waals surface area contributed by atoms with Gasteiger partial charge in [0.2, 0.25) is 0 Å². The molecule has 0 bridgehead atoms. The Morgan fingerprint density at radius 1 is 1.45 bits per heavy atom. The minimum Gasteiger partial charge on any atom is -0.454 e. The van der Waals surface area contributed by atoms with E-state index in [0.717, 1.165) is 18.5 Å². The first kappa shape index (κ1) is 14.5. The standard InChI is InChI=1S/C15H20FN3O/c1-4-7-19-10-13(9-18-19)20-15-6-5-12(16)8-14(15)11(2)17-3/h5-6,8-11,17H,4,7H2,1-3H3. The zero-order valence-corrected chi connectivity index (χ0v) is 12.1. The van der Waals surface area contributed by atoms with Crippen LogP contribution in [-0.4, -0.2) is 16.8 Å². The van der Waals surface area contributed by atoms with E-state index in [4.69, 9.17) is 4.74 Å². The van der Waals surface area contributed by atoms with Crippen LogP contribution in [0, 0.1) is 5.82 Å². The lowest BCUT2D eigenvalue weighted by Crippen LogP contribution is -2.13. The van der Waals surface area contributed by atoms with Crippen molar-refractivity contribution in [3.8, 4) is 11.5 Å². The molecular weight excluding hydrogens is 257 g/mol. The monoisotopic (exact) mass is 277 g/mol. The van der Waals surface area contributed by atoms with Gasteiger partial charge in [-0.15, -0.1) is 0 Å². The van der Waals surface area contributed by atoms with Gasteiger partial charge in [0, 0.05) is 18.2 Å². The van der Waals surface area contributed by atoms with Crippen LogP contribution in [0.15, 0.2) is 30.6 Å². The van der Waals surface area contributed by atoms with Crippen LogP contribution in [0.1, 0.15) is 31.9 Å². The Bertz CT molecular complexity index is 568. The van der Waals surface area contributed by atoms with E-state index in [-0.39, 0.29) is 11.9 Å². The van der Waals surface area contributed by atoms with E-state index in [1.54, 1.807) is 12.3 Å². The molecule has 0 fully saturated rings. The number of ether oxygens (including phenoxy) is 1. The summed E-state index contributed by atoms with van der Waals surface area (Å²) < 4.78 is 21.0. The first-order valence-corrected chi connectivity index (χ1v) is 6.81. The number of benzene rings is 1. The van der Waals surface area contributed by atoms with Crippen LogP contribution in [0.4, 0.5) is 4.39 Å². The fourth-order valence-electron chi connectivity index (χ4n) is 1.98. The van der Waals surface area contributed by atoms with Crippen molar-refractivity contribution in [1.82, 2.24) is 15.1 Å². The number of nitrogens with zero attached hydrogens (tertiary/aromatic N) is 2. The minimum absolute atomic E-state index is 0.00591. The van der Waals surface area contributed by atoms with Gasteiger partial charge in [0.05, 0.1) is 12.4 Å². The summed E-state index contributed by atoms with van der Waals surface area (Å²) in [6.07, 6.45) is 4.53. The highest BCUT2D eigenvalue weighted by Gasteiger charge is 2.13. The van der Waals surface area contributed by atoms with Crippen LogP contribution in [0.25, 0.3) is 0 Å². The molecule has 0 aliphatic rings. The van der Waals surface area contributed by atoms with Crippen LogP contribution in [0.5, 0.6) is 11.5 Å². The van der Waals surface area contributed by atoms with Gasteiger partial charge in [0.1, 0.15) is 11.6 Å². The maximum atomic E-state index is 13.4. The van der Waals surface area contributed by atoms with Crippen LogP contribution in [0.3, 0.4) is 0 Å². The first-order chi connectivity index (χ1) is 9.63. The van der Waals surface area contributed by atoms with Crippen LogP contribution >= 0.6 is 0 Å². The van der Waals surface area contributed by atoms with E-state index in [1.165, 1.54) is 12.1 Å². The third-order valence-corrected chi connectivity index (χ3v) is 3.16. The second-order valence-corrected chi connectivity index (χ2v) is 4.73. The van der Waals surface area contributed by atoms with Gasteiger partial charge in [0.25, 0.3) is 0 Å². The Morgan fingerprint density at radius 3 is 2.95 bits per heavy atom. The molecule has 108 valence electrons. The predicted octanol–water partition coefficient (Wildman–Crippen LogP) is 3.50. The Balaban J connectivity index is 2.23. The van der Waals surface area contributed by atoms with Crippen LogP contribution in [0.2, 0.25) is 0 Å². The van der Waals surface area contributed by atoms with Crippen LogP contribution < -0.4 is 10.1 Å². The predicted molar refractivity (Wildman–Crippen MR) is 76.5 cm³/mol. The van der Waals surface area contributed by atoms with Gasteiger partial charge in [-0.05, 0) is 38.6 Å². The van der Waals surface area contributed by atoms with Gasteiger partial charge in [-0.25, -0.2) is 4.39 Å². The van der Waals surface area contributed by atoms with Crippen molar-refractivity contribution in [3.63, 3.8) is 0 Å². The fraction of sp³-hybridized carbons (Fsp3) is 0.400. The molecule has 0 radical (unpaired) electrons. The summed E-state index contributed by atoms with van der Waals surface area (Å²) in [4.78, 5) is 0. The van der Waals surface area contributed by atoms with E-state index in [2.05, 4.69) is 17.3 Å². The molecule has 0 aliphatic carbocycles. The molecule has 1 aromatic heterocycles. The number of halogens is 1. The molecule has 4 nitrogen and oxygen atoms in total. The van der Waals surface area contributed by atoms with E-state index < -0.39 is 0 Å². The number of aromatic nitrogens is 2. The first-order valence-electron chi connectivity index (χ1n) is 6.81. The summed E-state index contributed by atoms with van der Waals surface area (Å²) in [6, 6.07) is 4.55. The number of hydrogen-bond donors (Lipinski definition) is 1. The van der Waals surface area contributed by atoms with Gasteiger partial charge in [-0.2, -0.15) is 5.10 Å². The molecule has 1 aromatic carbocycles. The lowest BCUT2D eigenvalue weighted by Gasteiger charge is -2.15. The molecule has 2 rings (SSSR count). The molecule has 1 atom stereocenters. The Labute approximate surface area is 118 Å². The van der Waals surface area contributed by atoms with Gasteiger partial charge < -0.3 is 10.1 Å². The number of hydrogen-bond acceptors (Lipinski definition) is 3. The lowest BCUT2D eigenvalue weighted by atomic mass is 10.1. The van der Waals surface area contributed by atoms with Gasteiger partial charge >= 0.3 is 0 Å². The number of aryl methyl sites for hydroxylation is 1. The molecule has 1 unspecified atom stereocenters. The summed E-state index contributed by atoms with van der Waals surface area (Å²) in [6.45, 7) is 4.91. The quantitative estimate of drug-likeness (QED) is 0.878. The van der Waals surface area contributed by atoms with E-state index in [9.17, 15) is 4.39 Å². The highest BCUT2D eigenvalue weighted by molar-refractivity contribution is 5.39. The van der Waals surface area contributed by atoms with E-state index >= 15 is 0 Å². The van der Waals surface area contributed by atoms with E-state index in [0.29, 0.717) is 11.5 Å². The second-order valence-electron chi connectivity index (χ2n) is 4.73. The molecule has 1 heterocycles. The van der Waals surface area contributed by atoms with Crippen molar-refractivity contribution < 1.29 is 9.13 Å². The highest BCUT2D eigenvalue weighted by Crippen LogP contribution is 2.30. The van der Waals surface area contributed by atoms with Gasteiger partial charge in [0.15, 0.2) is 5.75 Å². The lowest BCUT2D eigenvalue weighted by molar-refractivity contribution is 0.461. The van der Waals surface area contributed by atoms with Gasteiger partial charge in [-0.3, -0.25) is 4.68 Å². The largest absolute Gasteiger partial charge is 0.454 e. The average molecular weight is 277 g/mol. The molecule has 5 heteroatoms. The molecular formula is C15H20FN3O. The van der Waals surface area contributed by atoms with Crippen molar-refractivity contribution in [3.05, 3.63) is 42.0 Å². The highest BCUT2D eigenvalue weighted by atomic mass is 19.1. The third-order valence-electron chi connectivity index (χ3n) is 3.16. The van der Waals surface area contributed by atoms with Crippen molar-refractivity contribution in [1.29, 1.82) is 0 Å². The third kappa shape index (κ3) is 3.36. The summed E-state index contributed by atoms with van der Waals surface area (Å²) in [7, 11) is 1.83. The summed E-state index contributed by atoms with van der Waals surface area (Å²) in [5.74, 6) is 1.04. The number of rotatable bonds is 6. The maximum absolute atomic E-state index is 13.4. The summed E-state index contributed by atoms with van der Waals surface area (Å²) >= 11 is 0. The summed E-state index contributed by atoms with van der Waals surface area (Å²) in [5.41, 5.74) is 0.788. The second kappa shape index (κ2) is 6.52. The zero-order chi connectivity index (χ0) is 14.5. The fourth-order valence-corrected chi connectivity index (χ4v) is 1.98. The number of nitrogens with one attached hydrogen (secondary N) is 1. The molecule has 0 aliphatic heterocycles. The topological polar surface area (TPSA) is 39.1 Å². The molecule has 20 heavy (non-hydrogen) atoms. The molecule has 2 aromatic rings. The summed E-state index contributed by atoms with van der Waals surface area (Å²) in [5, 5.41) is 7.31. The van der Waals surface area contributed by atoms with Crippen LogP contribution in [-0.2, 0) is 6.54 Å². The maximum Gasteiger partial charge on any atom is 0.165 e. The molecule has 0 saturated carbocycles. The Kier molecular flexibility index (Phi) is 4.74. The normalized spacial score (nSPS) is 12.4. The average Bonchev–Trinajstić information content (AvgIpc) is 2.88. The van der Waals surface area contributed by atoms with Gasteiger partial charge in [-0.1, -0.05) is 6.92 Å².